The first kappa shape index (κ1) is 17.5. The van der Waals surface area contributed by atoms with Crippen molar-refractivity contribution >= 4 is 16.7 Å². The van der Waals surface area contributed by atoms with Gasteiger partial charge in [0, 0.05) is 23.0 Å². The minimum atomic E-state index is -0.395. The van der Waals surface area contributed by atoms with Crippen LogP contribution in [0.15, 0.2) is 42.5 Å². The molecule has 0 aliphatic carbocycles. The standard InChI is InChI=1S/C20H20N2O4/c1-4-21-20(24)18-19(23)16-10-9-15(11-17(16)12(2)22-18)26-14-7-5-13(25-3)6-8-14/h5-11,23H,4H2,1-3H3,(H,21,24). The Labute approximate surface area is 151 Å². The molecule has 0 fully saturated rings. The molecule has 0 radical (unpaired) electrons. The molecular weight excluding hydrogens is 332 g/mol. The van der Waals surface area contributed by atoms with Crippen LogP contribution >= 0.6 is 0 Å². The summed E-state index contributed by atoms with van der Waals surface area (Å²) in [6, 6.07) is 12.5. The first-order chi connectivity index (χ1) is 12.5. The van der Waals surface area contributed by atoms with Crippen LogP contribution in [0.4, 0.5) is 0 Å². The van der Waals surface area contributed by atoms with Gasteiger partial charge in [-0.2, -0.15) is 0 Å². The number of aromatic nitrogens is 1. The van der Waals surface area contributed by atoms with Gasteiger partial charge < -0.3 is 19.9 Å². The lowest BCUT2D eigenvalue weighted by molar-refractivity contribution is 0.0948. The van der Waals surface area contributed by atoms with Gasteiger partial charge in [0.2, 0.25) is 0 Å². The minimum Gasteiger partial charge on any atom is -0.505 e. The number of methoxy groups -OCH3 is 1. The Morgan fingerprint density at radius 3 is 2.38 bits per heavy atom. The second-order valence-corrected chi connectivity index (χ2v) is 5.74. The summed E-state index contributed by atoms with van der Waals surface area (Å²) in [6.45, 7) is 4.07. The van der Waals surface area contributed by atoms with E-state index in [0.717, 1.165) is 11.1 Å². The Balaban J connectivity index is 1.96. The van der Waals surface area contributed by atoms with Gasteiger partial charge >= 0.3 is 0 Å². The molecule has 0 atom stereocenters. The number of aryl methyl sites for hydroxylation is 1. The van der Waals surface area contributed by atoms with Gasteiger partial charge in [0.1, 0.15) is 17.2 Å². The molecule has 0 saturated carbocycles. The number of hydrogen-bond donors (Lipinski definition) is 2. The van der Waals surface area contributed by atoms with Gasteiger partial charge in [0.15, 0.2) is 11.4 Å². The second-order valence-electron chi connectivity index (χ2n) is 5.74. The van der Waals surface area contributed by atoms with Crippen LogP contribution in [0, 0.1) is 6.92 Å². The van der Waals surface area contributed by atoms with Crippen LogP contribution in [0.2, 0.25) is 0 Å². The number of carbonyl (C=O) groups excluding carboxylic acids is 1. The Morgan fingerprint density at radius 1 is 1.08 bits per heavy atom. The average Bonchev–Trinajstić information content (AvgIpc) is 2.65. The van der Waals surface area contributed by atoms with Crippen molar-refractivity contribution < 1.29 is 19.4 Å². The van der Waals surface area contributed by atoms with E-state index in [0.29, 0.717) is 29.1 Å². The van der Waals surface area contributed by atoms with E-state index in [1.54, 1.807) is 32.2 Å². The number of amides is 1. The topological polar surface area (TPSA) is 80.7 Å². The molecule has 2 N–H and O–H groups in total. The lowest BCUT2D eigenvalue weighted by Crippen LogP contribution is -2.24. The quantitative estimate of drug-likeness (QED) is 0.730. The molecular formula is C20H20N2O4. The molecule has 3 aromatic rings. The summed E-state index contributed by atoms with van der Waals surface area (Å²) in [5.74, 6) is 1.50. The summed E-state index contributed by atoms with van der Waals surface area (Å²) in [5, 5.41) is 14.4. The van der Waals surface area contributed by atoms with Gasteiger partial charge in [0.25, 0.3) is 5.91 Å². The van der Waals surface area contributed by atoms with Crippen LogP contribution in [0.1, 0.15) is 23.1 Å². The third kappa shape index (κ3) is 3.39. The number of nitrogens with one attached hydrogen (secondary N) is 1. The van der Waals surface area contributed by atoms with Gasteiger partial charge in [-0.05, 0) is 56.3 Å². The number of fused-ring (bicyclic) bond motifs is 1. The molecule has 0 aliphatic rings. The predicted molar refractivity (Wildman–Crippen MR) is 99.2 cm³/mol. The van der Waals surface area contributed by atoms with Crippen LogP contribution in [0.25, 0.3) is 10.8 Å². The van der Waals surface area contributed by atoms with E-state index in [1.165, 1.54) is 0 Å². The number of hydrogen-bond acceptors (Lipinski definition) is 5. The fourth-order valence-electron chi connectivity index (χ4n) is 2.68. The largest absolute Gasteiger partial charge is 0.505 e. The second kappa shape index (κ2) is 7.31. The van der Waals surface area contributed by atoms with Crippen molar-refractivity contribution in [1.82, 2.24) is 10.3 Å². The number of benzene rings is 2. The van der Waals surface area contributed by atoms with Crippen molar-refractivity contribution in [3.8, 4) is 23.0 Å². The van der Waals surface area contributed by atoms with E-state index in [1.807, 2.05) is 31.2 Å². The SMILES string of the molecule is CCNC(=O)c1nc(C)c2cc(Oc3ccc(OC)cc3)ccc2c1O. The maximum Gasteiger partial charge on any atom is 0.273 e. The van der Waals surface area contributed by atoms with E-state index in [2.05, 4.69) is 10.3 Å². The number of ether oxygens (including phenoxy) is 2. The van der Waals surface area contributed by atoms with E-state index in [4.69, 9.17) is 9.47 Å². The maximum absolute atomic E-state index is 12.1. The molecule has 0 spiro atoms. The van der Waals surface area contributed by atoms with Gasteiger partial charge in [-0.15, -0.1) is 0 Å². The number of pyridine rings is 1. The Bertz CT molecular complexity index is 952. The van der Waals surface area contributed by atoms with Gasteiger partial charge in [0.05, 0.1) is 7.11 Å². The van der Waals surface area contributed by atoms with Crippen LogP contribution in [0.3, 0.4) is 0 Å². The van der Waals surface area contributed by atoms with Crippen LogP contribution < -0.4 is 14.8 Å². The number of rotatable bonds is 5. The lowest BCUT2D eigenvalue weighted by atomic mass is 10.1. The summed E-state index contributed by atoms with van der Waals surface area (Å²) in [5.41, 5.74) is 0.667. The molecule has 0 saturated heterocycles. The van der Waals surface area contributed by atoms with E-state index in [-0.39, 0.29) is 11.4 Å². The Morgan fingerprint density at radius 2 is 1.73 bits per heavy atom. The summed E-state index contributed by atoms with van der Waals surface area (Å²) in [4.78, 5) is 16.3. The molecule has 0 bridgehead atoms. The molecule has 1 heterocycles. The molecule has 6 heteroatoms. The van der Waals surface area contributed by atoms with Gasteiger partial charge in [-0.1, -0.05) is 0 Å². The normalized spacial score (nSPS) is 10.6. The van der Waals surface area contributed by atoms with Crippen LogP contribution in [-0.2, 0) is 0 Å². The van der Waals surface area contributed by atoms with Gasteiger partial charge in [-0.25, -0.2) is 4.98 Å². The zero-order valence-electron chi connectivity index (χ0n) is 14.9. The van der Waals surface area contributed by atoms with Gasteiger partial charge in [-0.3, -0.25) is 4.79 Å². The highest BCUT2D eigenvalue weighted by Gasteiger charge is 2.17. The molecule has 1 aromatic heterocycles. The third-order valence-electron chi connectivity index (χ3n) is 3.99. The molecule has 2 aromatic carbocycles. The zero-order chi connectivity index (χ0) is 18.7. The average molecular weight is 352 g/mol. The van der Waals surface area contributed by atoms with Crippen molar-refractivity contribution in [1.29, 1.82) is 0 Å². The highest BCUT2D eigenvalue weighted by Crippen LogP contribution is 2.33. The smallest absolute Gasteiger partial charge is 0.273 e. The summed E-state index contributed by atoms with van der Waals surface area (Å²) in [6.07, 6.45) is 0. The number of carbonyl (C=O) groups is 1. The first-order valence-electron chi connectivity index (χ1n) is 8.27. The van der Waals surface area contributed by atoms with Crippen molar-refractivity contribution in [2.45, 2.75) is 13.8 Å². The fourth-order valence-corrected chi connectivity index (χ4v) is 2.68. The molecule has 6 nitrogen and oxygen atoms in total. The van der Waals surface area contributed by atoms with E-state index >= 15 is 0 Å². The molecule has 26 heavy (non-hydrogen) atoms. The summed E-state index contributed by atoms with van der Waals surface area (Å²) < 4.78 is 11.0. The van der Waals surface area contributed by atoms with Crippen molar-refractivity contribution in [3.63, 3.8) is 0 Å². The number of nitrogens with zero attached hydrogens (tertiary/aromatic N) is 1. The van der Waals surface area contributed by atoms with E-state index < -0.39 is 5.91 Å². The molecule has 0 aliphatic heterocycles. The predicted octanol–water partition coefficient (Wildman–Crippen LogP) is 3.80. The van der Waals surface area contributed by atoms with Crippen LogP contribution in [-0.4, -0.2) is 29.7 Å². The fraction of sp³-hybridized carbons (Fsp3) is 0.200. The van der Waals surface area contributed by atoms with Crippen molar-refractivity contribution in [2.24, 2.45) is 0 Å². The summed E-state index contributed by atoms with van der Waals surface area (Å²) in [7, 11) is 1.61. The Kier molecular flexibility index (Phi) is 4.93. The lowest BCUT2D eigenvalue weighted by Gasteiger charge is -2.12. The zero-order valence-corrected chi connectivity index (χ0v) is 14.9. The third-order valence-corrected chi connectivity index (χ3v) is 3.99. The maximum atomic E-state index is 12.1. The molecule has 0 unspecified atom stereocenters. The van der Waals surface area contributed by atoms with E-state index in [9.17, 15) is 9.90 Å². The highest BCUT2D eigenvalue weighted by atomic mass is 16.5. The van der Waals surface area contributed by atoms with Crippen LogP contribution in [0.5, 0.6) is 23.0 Å². The monoisotopic (exact) mass is 352 g/mol. The first-order valence-corrected chi connectivity index (χ1v) is 8.27. The molecule has 134 valence electrons. The Hall–Kier alpha value is -3.28. The summed E-state index contributed by atoms with van der Waals surface area (Å²) >= 11 is 0. The molecule has 3 rings (SSSR count). The van der Waals surface area contributed by atoms with Crippen molar-refractivity contribution in [3.05, 3.63) is 53.9 Å². The minimum absolute atomic E-state index is 0.0284. The number of aromatic hydroxyl groups is 1. The molecule has 1 amide bonds. The highest BCUT2D eigenvalue weighted by molar-refractivity contribution is 6.02. The van der Waals surface area contributed by atoms with Crippen molar-refractivity contribution in [2.75, 3.05) is 13.7 Å².